The van der Waals surface area contributed by atoms with Crippen molar-refractivity contribution in [1.29, 1.82) is 0 Å². The SMILES string of the molecule is O=C(Nc1cccc(-c2nnnn2C2CC2)c1)c1ccc(C#Cc2ccccc2)cc1. The van der Waals surface area contributed by atoms with Gasteiger partial charge in [-0.1, -0.05) is 42.2 Å². The van der Waals surface area contributed by atoms with Crippen molar-refractivity contribution in [2.24, 2.45) is 0 Å². The molecule has 1 heterocycles. The van der Waals surface area contributed by atoms with E-state index in [4.69, 9.17) is 0 Å². The first-order chi connectivity index (χ1) is 15.3. The Kier molecular flexibility index (Phi) is 4.99. The Hall–Kier alpha value is -4.24. The van der Waals surface area contributed by atoms with Gasteiger partial charge in [0.1, 0.15) is 0 Å². The summed E-state index contributed by atoms with van der Waals surface area (Å²) in [7, 11) is 0. The largest absolute Gasteiger partial charge is 0.322 e. The molecular weight excluding hydrogens is 386 g/mol. The molecule has 31 heavy (non-hydrogen) atoms. The van der Waals surface area contributed by atoms with E-state index in [1.165, 1.54) is 0 Å². The van der Waals surface area contributed by atoms with Gasteiger partial charge in [0.15, 0.2) is 5.82 Å². The van der Waals surface area contributed by atoms with Crippen molar-refractivity contribution in [1.82, 2.24) is 20.2 Å². The van der Waals surface area contributed by atoms with Crippen LogP contribution in [0.4, 0.5) is 5.69 Å². The van der Waals surface area contributed by atoms with Gasteiger partial charge in [0.2, 0.25) is 0 Å². The van der Waals surface area contributed by atoms with Gasteiger partial charge >= 0.3 is 0 Å². The fourth-order valence-corrected chi connectivity index (χ4v) is 3.26. The molecule has 1 fully saturated rings. The van der Waals surface area contributed by atoms with Gasteiger partial charge in [-0.15, -0.1) is 5.10 Å². The number of tetrazole rings is 1. The average molecular weight is 405 g/mol. The van der Waals surface area contributed by atoms with Gasteiger partial charge in [0.05, 0.1) is 6.04 Å². The Balaban J connectivity index is 1.29. The van der Waals surface area contributed by atoms with E-state index in [1.54, 1.807) is 12.1 Å². The number of anilines is 1. The summed E-state index contributed by atoms with van der Waals surface area (Å²) < 4.78 is 1.86. The Morgan fingerprint density at radius 1 is 0.903 bits per heavy atom. The number of hydrogen-bond acceptors (Lipinski definition) is 4. The molecule has 0 spiro atoms. The molecule has 0 unspecified atom stereocenters. The first-order valence-electron chi connectivity index (χ1n) is 10.1. The summed E-state index contributed by atoms with van der Waals surface area (Å²) in [6.07, 6.45) is 2.19. The van der Waals surface area contributed by atoms with Crippen molar-refractivity contribution < 1.29 is 4.79 Å². The van der Waals surface area contributed by atoms with Crippen LogP contribution in [0.5, 0.6) is 0 Å². The van der Waals surface area contributed by atoms with Gasteiger partial charge < -0.3 is 5.32 Å². The normalized spacial score (nSPS) is 12.6. The summed E-state index contributed by atoms with van der Waals surface area (Å²) in [5.41, 5.74) is 3.95. The first-order valence-corrected chi connectivity index (χ1v) is 10.1. The van der Waals surface area contributed by atoms with E-state index in [9.17, 15) is 4.79 Å². The van der Waals surface area contributed by atoms with E-state index in [-0.39, 0.29) is 5.91 Å². The van der Waals surface area contributed by atoms with Gasteiger partial charge in [0, 0.05) is 27.9 Å². The van der Waals surface area contributed by atoms with Gasteiger partial charge in [-0.3, -0.25) is 4.79 Å². The summed E-state index contributed by atoms with van der Waals surface area (Å²) in [6, 6.07) is 25.0. The number of amides is 1. The second kappa shape index (κ2) is 8.25. The third kappa shape index (κ3) is 4.36. The molecule has 1 aromatic heterocycles. The molecule has 1 aliphatic carbocycles. The molecule has 150 valence electrons. The summed E-state index contributed by atoms with van der Waals surface area (Å²) in [4.78, 5) is 12.7. The average Bonchev–Trinajstić information content (AvgIpc) is 3.55. The van der Waals surface area contributed by atoms with E-state index >= 15 is 0 Å². The van der Waals surface area contributed by atoms with Crippen molar-refractivity contribution in [3.8, 4) is 23.2 Å². The van der Waals surface area contributed by atoms with Gasteiger partial charge in [0.25, 0.3) is 5.91 Å². The fraction of sp³-hybridized carbons (Fsp3) is 0.120. The summed E-state index contributed by atoms with van der Waals surface area (Å²) in [6.45, 7) is 0. The number of nitrogens with one attached hydrogen (secondary N) is 1. The van der Waals surface area contributed by atoms with Crippen molar-refractivity contribution in [2.45, 2.75) is 18.9 Å². The monoisotopic (exact) mass is 405 g/mol. The predicted molar refractivity (Wildman–Crippen MR) is 118 cm³/mol. The van der Waals surface area contributed by atoms with Gasteiger partial charge in [-0.2, -0.15) is 0 Å². The van der Waals surface area contributed by atoms with E-state index in [0.29, 0.717) is 17.3 Å². The number of nitrogens with zero attached hydrogens (tertiary/aromatic N) is 4. The first kappa shape index (κ1) is 18.8. The quantitative estimate of drug-likeness (QED) is 0.513. The molecule has 1 amide bonds. The van der Waals surface area contributed by atoms with Crippen LogP contribution in [0, 0.1) is 11.8 Å². The number of carbonyl (C=O) groups is 1. The molecule has 1 aliphatic rings. The molecule has 6 heteroatoms. The van der Waals surface area contributed by atoms with Crippen molar-refractivity contribution >= 4 is 11.6 Å². The maximum Gasteiger partial charge on any atom is 0.255 e. The Morgan fingerprint density at radius 3 is 2.39 bits per heavy atom. The molecule has 0 radical (unpaired) electrons. The zero-order valence-corrected chi connectivity index (χ0v) is 16.7. The standard InChI is InChI=1S/C25H19N5O/c31-25(20-13-11-19(12-14-20)10-9-18-5-2-1-3-6-18)26-22-8-4-7-21(17-22)24-27-28-29-30(24)23-15-16-23/h1-8,11-14,17,23H,15-16H2,(H,26,31). The van der Waals surface area contributed by atoms with E-state index in [0.717, 1.165) is 35.4 Å². The third-order valence-corrected chi connectivity index (χ3v) is 5.04. The van der Waals surface area contributed by atoms with Crippen LogP contribution in [-0.2, 0) is 0 Å². The lowest BCUT2D eigenvalue weighted by molar-refractivity contribution is 0.102. The molecule has 4 aromatic rings. The zero-order valence-electron chi connectivity index (χ0n) is 16.7. The highest BCUT2D eigenvalue weighted by Crippen LogP contribution is 2.36. The second-order valence-electron chi connectivity index (χ2n) is 7.41. The number of aromatic nitrogens is 4. The molecule has 0 saturated heterocycles. The number of rotatable bonds is 4. The van der Waals surface area contributed by atoms with Crippen LogP contribution in [0.15, 0.2) is 78.9 Å². The molecule has 6 nitrogen and oxygen atoms in total. The van der Waals surface area contributed by atoms with Crippen LogP contribution in [-0.4, -0.2) is 26.1 Å². The Morgan fingerprint density at radius 2 is 1.65 bits per heavy atom. The van der Waals surface area contributed by atoms with E-state index in [1.807, 2.05) is 71.4 Å². The number of hydrogen-bond donors (Lipinski definition) is 1. The zero-order chi connectivity index (χ0) is 21.0. The smallest absolute Gasteiger partial charge is 0.255 e. The van der Waals surface area contributed by atoms with Crippen molar-refractivity contribution in [2.75, 3.05) is 5.32 Å². The summed E-state index contributed by atoms with van der Waals surface area (Å²) in [5.74, 6) is 6.78. The maximum atomic E-state index is 12.7. The predicted octanol–water partition coefficient (Wildman–Crippen LogP) is 4.33. The van der Waals surface area contributed by atoms with Crippen LogP contribution < -0.4 is 5.32 Å². The Labute approximate surface area is 179 Å². The van der Waals surface area contributed by atoms with E-state index in [2.05, 4.69) is 32.7 Å². The van der Waals surface area contributed by atoms with E-state index < -0.39 is 0 Å². The van der Waals surface area contributed by atoms with Crippen LogP contribution >= 0.6 is 0 Å². The van der Waals surface area contributed by atoms with Crippen LogP contribution in [0.3, 0.4) is 0 Å². The van der Waals surface area contributed by atoms with Crippen molar-refractivity contribution in [3.05, 3.63) is 95.6 Å². The number of benzene rings is 3. The molecule has 3 aromatic carbocycles. The highest BCUT2D eigenvalue weighted by molar-refractivity contribution is 6.04. The molecule has 0 bridgehead atoms. The molecule has 0 aliphatic heterocycles. The molecule has 1 saturated carbocycles. The fourth-order valence-electron chi connectivity index (χ4n) is 3.26. The lowest BCUT2D eigenvalue weighted by Crippen LogP contribution is -2.11. The van der Waals surface area contributed by atoms with Crippen LogP contribution in [0.25, 0.3) is 11.4 Å². The molecule has 1 N–H and O–H groups in total. The Bertz CT molecular complexity index is 1280. The summed E-state index contributed by atoms with van der Waals surface area (Å²) >= 11 is 0. The minimum atomic E-state index is -0.179. The maximum absolute atomic E-state index is 12.7. The highest BCUT2D eigenvalue weighted by atomic mass is 16.1. The van der Waals surface area contributed by atoms with Gasteiger partial charge in [-0.25, -0.2) is 4.68 Å². The number of carbonyl (C=O) groups excluding carboxylic acids is 1. The second-order valence-corrected chi connectivity index (χ2v) is 7.41. The molecule has 0 atom stereocenters. The minimum Gasteiger partial charge on any atom is -0.322 e. The summed E-state index contributed by atoms with van der Waals surface area (Å²) in [5, 5.41) is 15.0. The topological polar surface area (TPSA) is 72.7 Å². The molecular formula is C25H19N5O. The van der Waals surface area contributed by atoms with Crippen molar-refractivity contribution in [3.63, 3.8) is 0 Å². The van der Waals surface area contributed by atoms with Crippen LogP contribution in [0.2, 0.25) is 0 Å². The van der Waals surface area contributed by atoms with Crippen LogP contribution in [0.1, 0.15) is 40.4 Å². The minimum absolute atomic E-state index is 0.179. The highest BCUT2D eigenvalue weighted by Gasteiger charge is 2.28. The third-order valence-electron chi connectivity index (χ3n) is 5.04. The lowest BCUT2D eigenvalue weighted by atomic mass is 10.1. The molecule has 5 rings (SSSR count). The lowest BCUT2D eigenvalue weighted by Gasteiger charge is -2.08. The van der Waals surface area contributed by atoms with Gasteiger partial charge in [-0.05, 0) is 71.8 Å².